The van der Waals surface area contributed by atoms with Crippen LogP contribution >= 0.6 is 0 Å². The van der Waals surface area contributed by atoms with E-state index in [4.69, 9.17) is 4.42 Å². The predicted molar refractivity (Wildman–Crippen MR) is 79.4 cm³/mol. The molecule has 1 aliphatic heterocycles. The van der Waals surface area contributed by atoms with Crippen LogP contribution in [0, 0.1) is 12.8 Å². The number of hydrogen-bond acceptors (Lipinski definition) is 3. The monoisotopic (exact) mass is 290 g/mol. The number of aryl methyl sites for hydroxylation is 1. The zero-order chi connectivity index (χ0) is 15.4. The Morgan fingerprint density at radius 1 is 1.57 bits per heavy atom. The van der Waals surface area contributed by atoms with Crippen molar-refractivity contribution < 1.29 is 14.0 Å². The summed E-state index contributed by atoms with van der Waals surface area (Å²) < 4.78 is 5.50. The Labute approximate surface area is 125 Å². The summed E-state index contributed by atoms with van der Waals surface area (Å²) in [5.74, 6) is 1.64. The number of carbonyl (C=O) groups is 2. The summed E-state index contributed by atoms with van der Waals surface area (Å²) in [6.07, 6.45) is 2.74. The fourth-order valence-electron chi connectivity index (χ4n) is 2.64. The van der Waals surface area contributed by atoms with E-state index in [1.165, 1.54) is 0 Å². The van der Waals surface area contributed by atoms with Crippen LogP contribution in [0.15, 0.2) is 29.2 Å². The molecule has 2 rings (SSSR count). The van der Waals surface area contributed by atoms with Gasteiger partial charge in [-0.25, -0.2) is 0 Å². The molecule has 0 aromatic carbocycles. The topological polar surface area (TPSA) is 53.8 Å². The molecule has 1 aromatic heterocycles. The molecule has 114 valence electrons. The number of piperidine rings is 1. The van der Waals surface area contributed by atoms with Crippen LogP contribution in [0.5, 0.6) is 0 Å². The van der Waals surface area contributed by atoms with E-state index in [-0.39, 0.29) is 17.7 Å². The molecule has 0 aliphatic carbocycles. The first-order valence-corrected chi connectivity index (χ1v) is 7.20. The van der Waals surface area contributed by atoms with Crippen molar-refractivity contribution in [3.63, 3.8) is 0 Å². The molecule has 1 fully saturated rings. The second kappa shape index (κ2) is 6.61. The minimum absolute atomic E-state index is 0.0608. The highest BCUT2D eigenvalue weighted by molar-refractivity contribution is 5.83. The van der Waals surface area contributed by atoms with Gasteiger partial charge in [0.1, 0.15) is 11.5 Å². The van der Waals surface area contributed by atoms with Crippen molar-refractivity contribution in [3.8, 4) is 0 Å². The van der Waals surface area contributed by atoms with Gasteiger partial charge in [-0.15, -0.1) is 6.58 Å². The average molecular weight is 290 g/mol. The lowest BCUT2D eigenvalue weighted by molar-refractivity contribution is -0.142. The first-order valence-electron chi connectivity index (χ1n) is 7.20. The summed E-state index contributed by atoms with van der Waals surface area (Å²) in [5, 5.41) is 0. The maximum absolute atomic E-state index is 12.5. The Bertz CT molecular complexity index is 535. The van der Waals surface area contributed by atoms with Crippen molar-refractivity contribution in [2.45, 2.75) is 26.3 Å². The van der Waals surface area contributed by atoms with Crippen molar-refractivity contribution in [2.24, 2.45) is 5.92 Å². The summed E-state index contributed by atoms with van der Waals surface area (Å²) in [6, 6.07) is 3.77. The molecule has 0 unspecified atom stereocenters. The first kappa shape index (κ1) is 15.4. The summed E-state index contributed by atoms with van der Waals surface area (Å²) in [6.45, 7) is 6.97. The lowest BCUT2D eigenvalue weighted by Crippen LogP contribution is -2.46. The zero-order valence-electron chi connectivity index (χ0n) is 12.7. The summed E-state index contributed by atoms with van der Waals surface area (Å²) in [4.78, 5) is 27.6. The summed E-state index contributed by atoms with van der Waals surface area (Å²) >= 11 is 0. The van der Waals surface area contributed by atoms with E-state index in [9.17, 15) is 9.59 Å². The van der Waals surface area contributed by atoms with Crippen LogP contribution in [0.1, 0.15) is 24.4 Å². The molecule has 1 aromatic rings. The third-order valence-electron chi connectivity index (χ3n) is 3.76. The quantitative estimate of drug-likeness (QED) is 0.779. The molecule has 2 heterocycles. The van der Waals surface area contributed by atoms with Gasteiger partial charge in [-0.2, -0.15) is 0 Å². The molecular weight excluding hydrogens is 268 g/mol. The number of rotatable bonds is 5. The molecule has 1 aliphatic rings. The highest BCUT2D eigenvalue weighted by Gasteiger charge is 2.31. The molecular formula is C16H22N2O3. The van der Waals surface area contributed by atoms with Crippen LogP contribution in [-0.4, -0.2) is 41.8 Å². The minimum Gasteiger partial charge on any atom is -0.464 e. The fraction of sp³-hybridized carbons (Fsp3) is 0.500. The molecule has 0 saturated carbocycles. The van der Waals surface area contributed by atoms with Crippen molar-refractivity contribution in [3.05, 3.63) is 36.3 Å². The third kappa shape index (κ3) is 3.74. The third-order valence-corrected chi connectivity index (χ3v) is 3.76. The van der Waals surface area contributed by atoms with Crippen LogP contribution in [0.3, 0.4) is 0 Å². The van der Waals surface area contributed by atoms with Crippen LogP contribution < -0.4 is 0 Å². The van der Waals surface area contributed by atoms with E-state index in [0.717, 1.165) is 11.5 Å². The van der Waals surface area contributed by atoms with Crippen molar-refractivity contribution >= 4 is 11.8 Å². The molecule has 2 amide bonds. The maximum Gasteiger partial charge on any atom is 0.227 e. The van der Waals surface area contributed by atoms with Gasteiger partial charge in [0.2, 0.25) is 11.8 Å². The van der Waals surface area contributed by atoms with Gasteiger partial charge in [-0.1, -0.05) is 6.08 Å². The SMILES string of the molecule is C=CCN1C[C@H](C(=O)N(C)Cc2ccc(C)o2)CCC1=O. The Morgan fingerprint density at radius 2 is 2.33 bits per heavy atom. The standard InChI is InChI=1S/C16H22N2O3/c1-4-9-18-10-13(6-8-15(18)19)16(20)17(3)11-14-7-5-12(2)21-14/h4-5,7,13H,1,6,8-11H2,2-3H3/t13-/m1/s1. The summed E-state index contributed by atoms with van der Waals surface area (Å²) in [7, 11) is 1.77. The lowest BCUT2D eigenvalue weighted by atomic mass is 9.96. The highest BCUT2D eigenvalue weighted by atomic mass is 16.3. The van der Waals surface area contributed by atoms with Gasteiger partial charge in [0, 0.05) is 26.6 Å². The molecule has 21 heavy (non-hydrogen) atoms. The second-order valence-corrected chi connectivity index (χ2v) is 5.53. The molecule has 0 radical (unpaired) electrons. The Balaban J connectivity index is 1.95. The molecule has 0 bridgehead atoms. The predicted octanol–water partition coefficient (Wildman–Crippen LogP) is 1.97. The molecule has 1 atom stereocenters. The number of hydrogen-bond donors (Lipinski definition) is 0. The minimum atomic E-state index is -0.135. The lowest BCUT2D eigenvalue weighted by Gasteiger charge is -2.33. The fourth-order valence-corrected chi connectivity index (χ4v) is 2.64. The van der Waals surface area contributed by atoms with Crippen LogP contribution in [-0.2, 0) is 16.1 Å². The Morgan fingerprint density at radius 3 is 2.95 bits per heavy atom. The van der Waals surface area contributed by atoms with Crippen LogP contribution in [0.2, 0.25) is 0 Å². The summed E-state index contributed by atoms with van der Waals surface area (Å²) in [5.41, 5.74) is 0. The number of likely N-dealkylation sites (tertiary alicyclic amines) is 1. The van der Waals surface area contributed by atoms with Crippen molar-refractivity contribution in [1.82, 2.24) is 9.80 Å². The largest absolute Gasteiger partial charge is 0.464 e. The molecule has 0 spiro atoms. The van der Waals surface area contributed by atoms with Crippen molar-refractivity contribution in [1.29, 1.82) is 0 Å². The molecule has 5 heteroatoms. The van der Waals surface area contributed by atoms with Gasteiger partial charge < -0.3 is 14.2 Å². The van der Waals surface area contributed by atoms with Gasteiger partial charge >= 0.3 is 0 Å². The maximum atomic E-state index is 12.5. The molecule has 0 N–H and O–H groups in total. The number of furan rings is 1. The van der Waals surface area contributed by atoms with Gasteiger partial charge in [0.05, 0.1) is 12.5 Å². The van der Waals surface area contributed by atoms with E-state index < -0.39 is 0 Å². The second-order valence-electron chi connectivity index (χ2n) is 5.53. The zero-order valence-corrected chi connectivity index (χ0v) is 12.7. The van der Waals surface area contributed by atoms with Crippen molar-refractivity contribution in [2.75, 3.05) is 20.1 Å². The van der Waals surface area contributed by atoms with E-state index >= 15 is 0 Å². The number of carbonyl (C=O) groups excluding carboxylic acids is 2. The number of nitrogens with zero attached hydrogens (tertiary/aromatic N) is 2. The average Bonchev–Trinajstić information content (AvgIpc) is 2.86. The smallest absolute Gasteiger partial charge is 0.227 e. The van der Waals surface area contributed by atoms with E-state index in [2.05, 4.69) is 6.58 Å². The van der Waals surface area contributed by atoms with E-state index in [0.29, 0.717) is 32.5 Å². The van der Waals surface area contributed by atoms with E-state index in [1.54, 1.807) is 22.9 Å². The van der Waals surface area contributed by atoms with Gasteiger partial charge in [-0.3, -0.25) is 9.59 Å². The number of amides is 2. The first-order chi connectivity index (χ1) is 10.0. The van der Waals surface area contributed by atoms with E-state index in [1.807, 2.05) is 19.1 Å². The molecule has 1 saturated heterocycles. The highest BCUT2D eigenvalue weighted by Crippen LogP contribution is 2.20. The normalized spacial score (nSPS) is 18.7. The Kier molecular flexibility index (Phi) is 4.83. The van der Waals surface area contributed by atoms with Gasteiger partial charge in [0.15, 0.2) is 0 Å². The van der Waals surface area contributed by atoms with Crippen LogP contribution in [0.25, 0.3) is 0 Å². The van der Waals surface area contributed by atoms with Gasteiger partial charge in [-0.05, 0) is 25.5 Å². The molecule has 5 nitrogen and oxygen atoms in total. The van der Waals surface area contributed by atoms with Crippen LogP contribution in [0.4, 0.5) is 0 Å². The Hall–Kier alpha value is -2.04. The van der Waals surface area contributed by atoms with Gasteiger partial charge in [0.25, 0.3) is 0 Å².